The Kier molecular flexibility index (Phi) is 8.15. The van der Waals surface area contributed by atoms with Gasteiger partial charge in [0.05, 0.1) is 0 Å². The first-order valence-electron chi connectivity index (χ1n) is 12.4. The minimum atomic E-state index is -0.298. The number of anilines is 1. The number of aromatic nitrogens is 2. The topological polar surface area (TPSA) is 74.5 Å². The molecule has 1 aromatic carbocycles. The van der Waals surface area contributed by atoms with Crippen molar-refractivity contribution in [3.63, 3.8) is 0 Å². The highest BCUT2D eigenvalue weighted by Gasteiger charge is 2.19. The molecule has 2 saturated heterocycles. The van der Waals surface area contributed by atoms with Crippen LogP contribution in [-0.4, -0.2) is 59.7 Å². The molecule has 0 spiro atoms. The van der Waals surface area contributed by atoms with Crippen molar-refractivity contribution in [2.75, 3.05) is 37.6 Å². The third-order valence-corrected chi connectivity index (χ3v) is 6.83. The summed E-state index contributed by atoms with van der Waals surface area (Å²) in [6.45, 7) is 7.41. The molecule has 7 nitrogen and oxygen atoms in total. The number of benzene rings is 1. The van der Waals surface area contributed by atoms with Crippen LogP contribution in [0.1, 0.15) is 75.4 Å². The lowest BCUT2D eigenvalue weighted by molar-refractivity contribution is 0.0904. The van der Waals surface area contributed by atoms with E-state index in [1.54, 1.807) is 0 Å². The lowest BCUT2D eigenvalue weighted by Gasteiger charge is -2.27. The number of carbonyl (C=O) groups excluding carboxylic acids is 1. The molecular formula is C25H37N5O2. The van der Waals surface area contributed by atoms with Gasteiger partial charge in [-0.05, 0) is 76.4 Å². The normalized spacial score (nSPS) is 19.2. The van der Waals surface area contributed by atoms with E-state index < -0.39 is 0 Å². The summed E-state index contributed by atoms with van der Waals surface area (Å²) in [5.41, 5.74) is 2.09. The summed E-state index contributed by atoms with van der Waals surface area (Å²) < 4.78 is 5.24. The molecule has 1 amide bonds. The molecule has 0 saturated carbocycles. The van der Waals surface area contributed by atoms with Gasteiger partial charge in [-0.1, -0.05) is 30.8 Å². The van der Waals surface area contributed by atoms with E-state index >= 15 is 0 Å². The average molecular weight is 440 g/mol. The lowest BCUT2D eigenvalue weighted by atomic mass is 10.2. The minimum absolute atomic E-state index is 0.0269. The zero-order chi connectivity index (χ0) is 22.2. The van der Waals surface area contributed by atoms with Crippen molar-refractivity contribution in [2.24, 2.45) is 0 Å². The Balaban J connectivity index is 1.27. The van der Waals surface area contributed by atoms with Crippen molar-refractivity contribution in [1.82, 2.24) is 20.4 Å². The Morgan fingerprint density at radius 3 is 2.25 bits per heavy atom. The van der Waals surface area contributed by atoms with E-state index in [-0.39, 0.29) is 11.8 Å². The highest BCUT2D eigenvalue weighted by molar-refractivity contribution is 5.89. The monoisotopic (exact) mass is 439 g/mol. The van der Waals surface area contributed by atoms with Crippen molar-refractivity contribution < 1.29 is 9.32 Å². The van der Waals surface area contributed by atoms with Gasteiger partial charge in [-0.25, -0.2) is 0 Å². The van der Waals surface area contributed by atoms with Gasteiger partial charge in [0, 0.05) is 36.9 Å². The maximum atomic E-state index is 12.5. The summed E-state index contributed by atoms with van der Waals surface area (Å²) in [5.74, 6) is 0.183. The molecule has 0 unspecified atom stereocenters. The van der Waals surface area contributed by atoms with Gasteiger partial charge in [-0.2, -0.15) is 4.98 Å². The summed E-state index contributed by atoms with van der Waals surface area (Å²) in [4.78, 5) is 21.8. The molecule has 2 aromatic rings. The van der Waals surface area contributed by atoms with Gasteiger partial charge in [0.2, 0.25) is 5.82 Å². The molecule has 7 heteroatoms. The van der Waals surface area contributed by atoms with Gasteiger partial charge >= 0.3 is 11.8 Å². The van der Waals surface area contributed by atoms with Gasteiger partial charge in [0.1, 0.15) is 0 Å². The number of carbonyl (C=O) groups is 1. The SMILES string of the molecule is C[C@@H](CCNC(=O)c1nc(-c2ccc(N3CCCCCC3)cc2)no1)N1CCCCCC1. The molecule has 1 N–H and O–H groups in total. The van der Waals surface area contributed by atoms with Crippen molar-refractivity contribution in [1.29, 1.82) is 0 Å². The maximum Gasteiger partial charge on any atom is 0.316 e. The molecule has 0 radical (unpaired) electrons. The van der Waals surface area contributed by atoms with Crippen molar-refractivity contribution in [2.45, 2.75) is 70.8 Å². The Bertz CT molecular complexity index is 834. The Labute approximate surface area is 191 Å². The summed E-state index contributed by atoms with van der Waals surface area (Å²) in [6, 6.07) is 8.71. The number of hydrogen-bond donors (Lipinski definition) is 1. The molecule has 3 heterocycles. The Hall–Kier alpha value is -2.41. The predicted octanol–water partition coefficient (Wildman–Crippen LogP) is 4.50. The van der Waals surface area contributed by atoms with Crippen LogP contribution in [0.3, 0.4) is 0 Å². The van der Waals surface area contributed by atoms with E-state index in [9.17, 15) is 4.79 Å². The second-order valence-electron chi connectivity index (χ2n) is 9.22. The summed E-state index contributed by atoms with van der Waals surface area (Å²) in [5, 5.41) is 6.96. The summed E-state index contributed by atoms with van der Waals surface area (Å²) in [6.07, 6.45) is 11.3. The third kappa shape index (κ3) is 6.09. The van der Waals surface area contributed by atoms with E-state index in [0.29, 0.717) is 18.4 Å². The molecule has 4 rings (SSSR count). The van der Waals surface area contributed by atoms with Gasteiger partial charge in [-0.3, -0.25) is 4.79 Å². The average Bonchev–Trinajstić information content (AvgIpc) is 2.99. The van der Waals surface area contributed by atoms with Crippen LogP contribution in [0.5, 0.6) is 0 Å². The lowest BCUT2D eigenvalue weighted by Crippen LogP contribution is -2.37. The second kappa shape index (κ2) is 11.5. The smallest absolute Gasteiger partial charge is 0.316 e. The maximum absolute atomic E-state index is 12.5. The number of amides is 1. The number of hydrogen-bond acceptors (Lipinski definition) is 6. The van der Waals surface area contributed by atoms with Crippen LogP contribution < -0.4 is 10.2 Å². The first kappa shape index (κ1) is 22.8. The van der Waals surface area contributed by atoms with Gasteiger partial charge in [0.15, 0.2) is 0 Å². The van der Waals surface area contributed by atoms with Crippen LogP contribution in [0.25, 0.3) is 11.4 Å². The van der Waals surface area contributed by atoms with Gasteiger partial charge < -0.3 is 19.6 Å². The number of likely N-dealkylation sites (tertiary alicyclic amines) is 1. The highest BCUT2D eigenvalue weighted by Crippen LogP contribution is 2.23. The van der Waals surface area contributed by atoms with E-state index in [2.05, 4.69) is 44.3 Å². The quantitative estimate of drug-likeness (QED) is 0.685. The Morgan fingerprint density at radius 1 is 0.969 bits per heavy atom. The number of nitrogens with zero attached hydrogens (tertiary/aromatic N) is 4. The summed E-state index contributed by atoms with van der Waals surface area (Å²) in [7, 11) is 0. The number of rotatable bonds is 7. The van der Waals surface area contributed by atoms with Crippen LogP contribution in [0.2, 0.25) is 0 Å². The first-order valence-corrected chi connectivity index (χ1v) is 12.4. The zero-order valence-corrected chi connectivity index (χ0v) is 19.4. The van der Waals surface area contributed by atoms with E-state index in [4.69, 9.17) is 4.52 Å². The van der Waals surface area contributed by atoms with Crippen LogP contribution in [0, 0.1) is 0 Å². The minimum Gasteiger partial charge on any atom is -0.372 e. The fourth-order valence-corrected chi connectivity index (χ4v) is 4.77. The van der Waals surface area contributed by atoms with Gasteiger partial charge in [0.25, 0.3) is 0 Å². The highest BCUT2D eigenvalue weighted by atomic mass is 16.5. The summed E-state index contributed by atoms with van der Waals surface area (Å²) >= 11 is 0. The first-order chi connectivity index (χ1) is 15.7. The Morgan fingerprint density at radius 2 is 1.59 bits per heavy atom. The van der Waals surface area contributed by atoms with E-state index in [0.717, 1.165) is 25.1 Å². The fraction of sp³-hybridized carbons (Fsp3) is 0.640. The molecule has 2 aliphatic rings. The molecule has 1 aromatic heterocycles. The van der Waals surface area contributed by atoms with E-state index in [1.807, 2.05) is 12.1 Å². The van der Waals surface area contributed by atoms with Gasteiger partial charge in [-0.15, -0.1) is 0 Å². The molecule has 0 bridgehead atoms. The zero-order valence-electron chi connectivity index (χ0n) is 19.4. The van der Waals surface area contributed by atoms with Crippen molar-refractivity contribution in [3.05, 3.63) is 30.2 Å². The number of nitrogens with one attached hydrogen (secondary N) is 1. The molecule has 2 fully saturated rings. The molecule has 2 aliphatic heterocycles. The molecule has 1 atom stereocenters. The van der Waals surface area contributed by atoms with Crippen LogP contribution >= 0.6 is 0 Å². The van der Waals surface area contributed by atoms with Crippen molar-refractivity contribution in [3.8, 4) is 11.4 Å². The van der Waals surface area contributed by atoms with Crippen molar-refractivity contribution >= 4 is 11.6 Å². The fourth-order valence-electron chi connectivity index (χ4n) is 4.77. The standard InChI is InChI=1S/C25H37N5O2/c1-20(29-16-6-2-3-7-17-29)14-15-26-24(31)25-27-23(28-32-25)21-10-12-22(13-11-21)30-18-8-4-5-9-19-30/h10-13,20H,2-9,14-19H2,1H3,(H,26,31)/t20-/m0/s1. The molecule has 32 heavy (non-hydrogen) atoms. The molecule has 174 valence electrons. The third-order valence-electron chi connectivity index (χ3n) is 6.83. The molecule has 0 aliphatic carbocycles. The van der Waals surface area contributed by atoms with Crippen LogP contribution in [-0.2, 0) is 0 Å². The van der Waals surface area contributed by atoms with Crippen LogP contribution in [0.15, 0.2) is 28.8 Å². The molecular weight excluding hydrogens is 402 g/mol. The second-order valence-corrected chi connectivity index (χ2v) is 9.22. The van der Waals surface area contributed by atoms with E-state index in [1.165, 1.54) is 70.1 Å². The van der Waals surface area contributed by atoms with Crippen LogP contribution in [0.4, 0.5) is 5.69 Å². The largest absolute Gasteiger partial charge is 0.372 e. The predicted molar refractivity (Wildman–Crippen MR) is 127 cm³/mol.